The zero-order valence-corrected chi connectivity index (χ0v) is 13.4. The Kier molecular flexibility index (Phi) is 4.08. The van der Waals surface area contributed by atoms with Crippen LogP contribution in [0.1, 0.15) is 17.2 Å². The van der Waals surface area contributed by atoms with E-state index in [-0.39, 0.29) is 11.9 Å². The van der Waals surface area contributed by atoms with Crippen molar-refractivity contribution in [3.05, 3.63) is 64.1 Å². The summed E-state index contributed by atoms with van der Waals surface area (Å²) in [7, 11) is 0. The van der Waals surface area contributed by atoms with Crippen LogP contribution in [0.15, 0.2) is 53.0 Å². The largest absolute Gasteiger partial charge is 0.306 e. The molecule has 4 heteroatoms. The number of para-hydroxylation sites is 1. The lowest BCUT2D eigenvalue weighted by molar-refractivity contribution is -0.119. The summed E-state index contributed by atoms with van der Waals surface area (Å²) in [6.45, 7) is 3.19. The molecule has 1 atom stereocenters. The van der Waals surface area contributed by atoms with Crippen LogP contribution in [0.2, 0.25) is 0 Å². The number of hydrogen-bond donors (Lipinski definition) is 1. The monoisotopic (exact) mass is 344 g/mol. The van der Waals surface area contributed by atoms with Crippen LogP contribution in [0.3, 0.4) is 0 Å². The minimum absolute atomic E-state index is 0.0184. The lowest BCUT2D eigenvalue weighted by Crippen LogP contribution is -2.50. The van der Waals surface area contributed by atoms with Gasteiger partial charge in [-0.05, 0) is 36.2 Å². The van der Waals surface area contributed by atoms with Gasteiger partial charge in [0.2, 0.25) is 5.91 Å². The molecule has 2 aromatic rings. The third-order valence-corrected chi connectivity index (χ3v) is 4.30. The van der Waals surface area contributed by atoms with Gasteiger partial charge >= 0.3 is 0 Å². The van der Waals surface area contributed by atoms with Crippen molar-refractivity contribution in [2.45, 2.75) is 13.0 Å². The molecule has 0 aromatic heterocycles. The standard InChI is InChI=1S/C17H17BrN2O/c1-12-5-2-3-8-15(12)20-16(10-19-11-17(20)21)13-6-4-7-14(18)9-13/h2-9,16,19H,10-11H2,1H3. The summed E-state index contributed by atoms with van der Waals surface area (Å²) in [5, 5.41) is 3.22. The number of amides is 1. The van der Waals surface area contributed by atoms with Gasteiger partial charge in [-0.1, -0.05) is 46.3 Å². The molecule has 0 radical (unpaired) electrons. The Morgan fingerprint density at radius 2 is 2.00 bits per heavy atom. The number of hydrogen-bond acceptors (Lipinski definition) is 2. The van der Waals surface area contributed by atoms with E-state index in [4.69, 9.17) is 0 Å². The van der Waals surface area contributed by atoms with Crippen molar-refractivity contribution in [2.75, 3.05) is 18.0 Å². The normalized spacial score (nSPS) is 18.9. The smallest absolute Gasteiger partial charge is 0.241 e. The van der Waals surface area contributed by atoms with Gasteiger partial charge in [-0.15, -0.1) is 0 Å². The van der Waals surface area contributed by atoms with Gasteiger partial charge in [0.25, 0.3) is 0 Å². The van der Waals surface area contributed by atoms with E-state index >= 15 is 0 Å². The number of nitrogens with zero attached hydrogens (tertiary/aromatic N) is 1. The minimum atomic E-state index is 0.0184. The Balaban J connectivity index is 2.05. The van der Waals surface area contributed by atoms with Crippen LogP contribution in [0, 0.1) is 6.92 Å². The molecule has 1 unspecified atom stereocenters. The van der Waals surface area contributed by atoms with Crippen molar-refractivity contribution in [1.82, 2.24) is 5.32 Å². The highest BCUT2D eigenvalue weighted by Gasteiger charge is 2.31. The van der Waals surface area contributed by atoms with E-state index in [9.17, 15) is 4.79 Å². The first-order valence-corrected chi connectivity index (χ1v) is 7.80. The fourth-order valence-electron chi connectivity index (χ4n) is 2.78. The average Bonchev–Trinajstić information content (AvgIpc) is 2.48. The maximum atomic E-state index is 12.5. The van der Waals surface area contributed by atoms with E-state index in [0.717, 1.165) is 27.8 Å². The van der Waals surface area contributed by atoms with Gasteiger partial charge in [-0.25, -0.2) is 0 Å². The van der Waals surface area contributed by atoms with Gasteiger partial charge in [0.1, 0.15) is 0 Å². The van der Waals surface area contributed by atoms with Gasteiger partial charge in [-0.3, -0.25) is 4.79 Å². The molecule has 1 saturated heterocycles. The predicted molar refractivity (Wildman–Crippen MR) is 88.4 cm³/mol. The molecule has 1 aliphatic heterocycles. The molecule has 108 valence electrons. The molecule has 2 aromatic carbocycles. The molecule has 3 nitrogen and oxygen atoms in total. The van der Waals surface area contributed by atoms with Gasteiger partial charge in [0.05, 0.1) is 12.6 Å². The first-order valence-electron chi connectivity index (χ1n) is 7.00. The molecule has 3 rings (SSSR count). The Hall–Kier alpha value is -1.65. The van der Waals surface area contributed by atoms with Gasteiger partial charge in [0, 0.05) is 16.7 Å². The fourth-order valence-corrected chi connectivity index (χ4v) is 3.20. The number of benzene rings is 2. The molecule has 1 fully saturated rings. The lowest BCUT2D eigenvalue weighted by atomic mass is 10.0. The molecular weight excluding hydrogens is 328 g/mol. The number of piperazine rings is 1. The maximum Gasteiger partial charge on any atom is 0.241 e. The lowest BCUT2D eigenvalue weighted by Gasteiger charge is -2.37. The van der Waals surface area contributed by atoms with Crippen LogP contribution in [0.4, 0.5) is 5.69 Å². The van der Waals surface area contributed by atoms with Crippen LogP contribution in [-0.4, -0.2) is 19.0 Å². The molecule has 0 saturated carbocycles. The molecule has 1 aliphatic rings. The molecule has 0 spiro atoms. The van der Waals surface area contributed by atoms with Crippen molar-refractivity contribution in [3.63, 3.8) is 0 Å². The van der Waals surface area contributed by atoms with Gasteiger partial charge in [-0.2, -0.15) is 0 Å². The quantitative estimate of drug-likeness (QED) is 0.904. The van der Waals surface area contributed by atoms with E-state index < -0.39 is 0 Å². The Morgan fingerprint density at radius 3 is 2.76 bits per heavy atom. The van der Waals surface area contributed by atoms with E-state index in [1.165, 1.54) is 0 Å². The molecule has 1 N–H and O–H groups in total. The summed E-state index contributed by atoms with van der Waals surface area (Å²) in [6, 6.07) is 16.2. The SMILES string of the molecule is Cc1ccccc1N1C(=O)CNCC1c1cccc(Br)c1. The summed E-state index contributed by atoms with van der Waals surface area (Å²) in [6.07, 6.45) is 0. The van der Waals surface area contributed by atoms with E-state index in [0.29, 0.717) is 6.54 Å². The van der Waals surface area contributed by atoms with E-state index in [1.54, 1.807) is 0 Å². The van der Waals surface area contributed by atoms with Crippen LogP contribution in [0.5, 0.6) is 0 Å². The topological polar surface area (TPSA) is 32.3 Å². The highest BCUT2D eigenvalue weighted by molar-refractivity contribution is 9.10. The van der Waals surface area contributed by atoms with Gasteiger partial charge < -0.3 is 10.2 Å². The summed E-state index contributed by atoms with van der Waals surface area (Å²) in [5.74, 6) is 0.112. The van der Waals surface area contributed by atoms with Crippen LogP contribution >= 0.6 is 15.9 Å². The van der Waals surface area contributed by atoms with Crippen molar-refractivity contribution >= 4 is 27.5 Å². The minimum Gasteiger partial charge on any atom is -0.306 e. The van der Waals surface area contributed by atoms with E-state index in [2.05, 4.69) is 33.4 Å². The van der Waals surface area contributed by atoms with Crippen molar-refractivity contribution < 1.29 is 4.79 Å². The zero-order valence-electron chi connectivity index (χ0n) is 11.8. The summed E-state index contributed by atoms with van der Waals surface area (Å²) >= 11 is 3.51. The fraction of sp³-hybridized carbons (Fsp3) is 0.235. The summed E-state index contributed by atoms with van der Waals surface area (Å²) in [5.41, 5.74) is 3.25. The van der Waals surface area contributed by atoms with Crippen LogP contribution < -0.4 is 10.2 Å². The van der Waals surface area contributed by atoms with Crippen LogP contribution in [0.25, 0.3) is 0 Å². The highest BCUT2D eigenvalue weighted by atomic mass is 79.9. The van der Waals surface area contributed by atoms with Crippen molar-refractivity contribution in [2.24, 2.45) is 0 Å². The molecular formula is C17H17BrN2O. The second-order valence-corrected chi connectivity index (χ2v) is 6.17. The molecule has 1 heterocycles. The summed E-state index contributed by atoms with van der Waals surface area (Å²) < 4.78 is 1.03. The number of rotatable bonds is 2. The Labute approximate surface area is 133 Å². The summed E-state index contributed by atoms with van der Waals surface area (Å²) in [4.78, 5) is 14.4. The Morgan fingerprint density at radius 1 is 1.19 bits per heavy atom. The molecule has 0 bridgehead atoms. The zero-order chi connectivity index (χ0) is 14.8. The maximum absolute atomic E-state index is 12.5. The second-order valence-electron chi connectivity index (χ2n) is 5.25. The van der Waals surface area contributed by atoms with E-state index in [1.807, 2.05) is 48.2 Å². The number of carbonyl (C=O) groups is 1. The second kappa shape index (κ2) is 6.00. The van der Waals surface area contributed by atoms with Crippen molar-refractivity contribution in [1.29, 1.82) is 0 Å². The molecule has 21 heavy (non-hydrogen) atoms. The van der Waals surface area contributed by atoms with Gasteiger partial charge in [0.15, 0.2) is 0 Å². The highest BCUT2D eigenvalue weighted by Crippen LogP contribution is 2.32. The third kappa shape index (κ3) is 2.87. The number of nitrogens with one attached hydrogen (secondary N) is 1. The van der Waals surface area contributed by atoms with Crippen LogP contribution in [-0.2, 0) is 4.79 Å². The third-order valence-electron chi connectivity index (χ3n) is 3.80. The number of halogens is 1. The Bertz CT molecular complexity index is 671. The first kappa shape index (κ1) is 14.3. The predicted octanol–water partition coefficient (Wildman–Crippen LogP) is 3.44. The number of carbonyl (C=O) groups excluding carboxylic acids is 1. The average molecular weight is 345 g/mol. The van der Waals surface area contributed by atoms with Crippen molar-refractivity contribution in [3.8, 4) is 0 Å². The molecule has 1 amide bonds. The number of aryl methyl sites for hydroxylation is 1. The molecule has 0 aliphatic carbocycles. The number of anilines is 1. The first-order chi connectivity index (χ1) is 10.2.